The Morgan fingerprint density at radius 3 is 2.47 bits per heavy atom. The molecule has 2 aromatic carbocycles. The fraction of sp³-hybridized carbons (Fsp3) is 0.227. The quantitative estimate of drug-likeness (QED) is 0.523. The third kappa shape index (κ3) is 5.15. The van der Waals surface area contributed by atoms with E-state index in [0.29, 0.717) is 16.4 Å². The minimum atomic E-state index is -1.16. The summed E-state index contributed by atoms with van der Waals surface area (Å²) in [4.78, 5) is 37.5. The molecule has 1 heterocycles. The predicted octanol–water partition coefficient (Wildman–Crippen LogP) is 3.74. The van der Waals surface area contributed by atoms with Gasteiger partial charge in [0.2, 0.25) is 0 Å². The lowest BCUT2D eigenvalue weighted by Gasteiger charge is -2.14. The van der Waals surface area contributed by atoms with Crippen LogP contribution >= 0.6 is 23.2 Å². The van der Waals surface area contributed by atoms with E-state index in [-0.39, 0.29) is 16.5 Å². The van der Waals surface area contributed by atoms with Crippen molar-refractivity contribution in [2.75, 3.05) is 11.9 Å². The van der Waals surface area contributed by atoms with Gasteiger partial charge in [-0.2, -0.15) is 0 Å². The molecule has 0 saturated carbocycles. The molecular formula is C22H21Cl2N3O5. The predicted molar refractivity (Wildman–Crippen MR) is 122 cm³/mol. The number of carbonyl (C=O) groups is 2. The summed E-state index contributed by atoms with van der Waals surface area (Å²) in [7, 11) is 1.71. The topological polar surface area (TPSA) is 91.6 Å². The van der Waals surface area contributed by atoms with E-state index in [1.165, 1.54) is 23.7 Å². The van der Waals surface area contributed by atoms with E-state index in [1.54, 1.807) is 36.9 Å². The standard InChI is InChI=1S/C22H21Cl2N3O5/c1-13-20(22(30)27(26(13)3)16-7-5-4-6-8-16)25-21(29)14(2)32-19(28)12-31-18-10-9-15(23)11-17(18)24/h4-11,14H,12H2,1-3H3,(H,25,29)/t14-/m1/s1. The maximum absolute atomic E-state index is 12.9. The molecule has 0 radical (unpaired) electrons. The molecule has 1 atom stereocenters. The van der Waals surface area contributed by atoms with E-state index < -0.39 is 30.1 Å². The Morgan fingerprint density at radius 2 is 1.81 bits per heavy atom. The van der Waals surface area contributed by atoms with Crippen LogP contribution in [-0.2, 0) is 21.4 Å². The van der Waals surface area contributed by atoms with Gasteiger partial charge in [-0.3, -0.25) is 14.3 Å². The van der Waals surface area contributed by atoms with Crippen LogP contribution < -0.4 is 15.6 Å². The molecular weight excluding hydrogens is 457 g/mol. The molecule has 1 aromatic heterocycles. The van der Waals surface area contributed by atoms with Crippen LogP contribution in [0.2, 0.25) is 10.0 Å². The first-order valence-corrected chi connectivity index (χ1v) is 10.4. The molecule has 10 heteroatoms. The summed E-state index contributed by atoms with van der Waals surface area (Å²) in [6.45, 7) is 2.65. The summed E-state index contributed by atoms with van der Waals surface area (Å²) >= 11 is 11.8. The molecule has 0 unspecified atom stereocenters. The minimum Gasteiger partial charge on any atom is -0.480 e. The van der Waals surface area contributed by atoms with Crippen molar-refractivity contribution < 1.29 is 19.1 Å². The smallest absolute Gasteiger partial charge is 0.344 e. The van der Waals surface area contributed by atoms with Crippen LogP contribution in [0, 0.1) is 6.92 Å². The molecule has 32 heavy (non-hydrogen) atoms. The van der Waals surface area contributed by atoms with Crippen molar-refractivity contribution >= 4 is 40.8 Å². The lowest BCUT2D eigenvalue weighted by Crippen LogP contribution is -2.33. The molecule has 0 aliphatic rings. The van der Waals surface area contributed by atoms with Crippen LogP contribution in [0.4, 0.5) is 5.69 Å². The average Bonchev–Trinajstić information content (AvgIpc) is 2.96. The van der Waals surface area contributed by atoms with Gasteiger partial charge in [0.25, 0.3) is 11.5 Å². The Labute approximate surface area is 194 Å². The van der Waals surface area contributed by atoms with Crippen LogP contribution in [0.3, 0.4) is 0 Å². The number of hydrogen-bond donors (Lipinski definition) is 1. The third-order valence-electron chi connectivity index (χ3n) is 4.72. The molecule has 0 bridgehead atoms. The summed E-state index contributed by atoms with van der Waals surface area (Å²) < 4.78 is 13.5. The monoisotopic (exact) mass is 477 g/mol. The van der Waals surface area contributed by atoms with E-state index in [0.717, 1.165) is 0 Å². The van der Waals surface area contributed by atoms with Crippen LogP contribution in [0.15, 0.2) is 53.3 Å². The molecule has 0 spiro atoms. The fourth-order valence-corrected chi connectivity index (χ4v) is 3.41. The van der Waals surface area contributed by atoms with Gasteiger partial charge in [-0.25, -0.2) is 9.48 Å². The van der Waals surface area contributed by atoms with Crippen molar-refractivity contribution in [2.45, 2.75) is 20.0 Å². The van der Waals surface area contributed by atoms with Crippen LogP contribution in [0.25, 0.3) is 5.69 Å². The van der Waals surface area contributed by atoms with Gasteiger partial charge < -0.3 is 14.8 Å². The second-order valence-corrected chi connectivity index (χ2v) is 7.76. The highest BCUT2D eigenvalue weighted by molar-refractivity contribution is 6.35. The molecule has 1 amide bonds. The van der Waals surface area contributed by atoms with E-state index in [4.69, 9.17) is 32.7 Å². The molecule has 0 aliphatic heterocycles. The first-order chi connectivity index (χ1) is 15.2. The first-order valence-electron chi connectivity index (χ1n) is 9.61. The van der Waals surface area contributed by atoms with E-state index in [9.17, 15) is 14.4 Å². The van der Waals surface area contributed by atoms with Crippen molar-refractivity contribution in [3.05, 3.63) is 74.6 Å². The zero-order chi connectivity index (χ0) is 23.4. The second kappa shape index (κ2) is 9.93. The number of benzene rings is 2. The highest BCUT2D eigenvalue weighted by Gasteiger charge is 2.23. The number of aromatic nitrogens is 2. The Kier molecular flexibility index (Phi) is 7.27. The fourth-order valence-electron chi connectivity index (χ4n) is 2.95. The number of nitrogens with one attached hydrogen (secondary N) is 1. The Hall–Kier alpha value is -3.23. The maximum Gasteiger partial charge on any atom is 0.344 e. The number of anilines is 1. The number of hydrogen-bond acceptors (Lipinski definition) is 5. The summed E-state index contributed by atoms with van der Waals surface area (Å²) in [5.74, 6) is -1.16. The van der Waals surface area contributed by atoms with E-state index in [2.05, 4.69) is 5.32 Å². The highest BCUT2D eigenvalue weighted by Crippen LogP contribution is 2.27. The Bertz CT molecular complexity index is 1200. The number of para-hydroxylation sites is 1. The Morgan fingerprint density at radius 1 is 1.12 bits per heavy atom. The van der Waals surface area contributed by atoms with Crippen molar-refractivity contribution in [3.63, 3.8) is 0 Å². The SMILES string of the molecule is Cc1c(NC(=O)[C@@H](C)OC(=O)COc2ccc(Cl)cc2Cl)c(=O)n(-c2ccccc2)n1C. The summed E-state index contributed by atoms with van der Waals surface area (Å²) in [5, 5.41) is 3.23. The maximum atomic E-state index is 12.9. The molecule has 0 fully saturated rings. The first kappa shape index (κ1) is 23.4. The van der Waals surface area contributed by atoms with Gasteiger partial charge in [-0.15, -0.1) is 0 Å². The summed E-state index contributed by atoms with van der Waals surface area (Å²) in [5.41, 5.74) is 0.907. The summed E-state index contributed by atoms with van der Waals surface area (Å²) in [6, 6.07) is 13.6. The average molecular weight is 478 g/mol. The van der Waals surface area contributed by atoms with Crippen molar-refractivity contribution in [2.24, 2.45) is 7.05 Å². The molecule has 0 aliphatic carbocycles. The second-order valence-electron chi connectivity index (χ2n) is 6.92. The zero-order valence-electron chi connectivity index (χ0n) is 17.6. The van der Waals surface area contributed by atoms with Crippen molar-refractivity contribution in [3.8, 4) is 11.4 Å². The van der Waals surface area contributed by atoms with Crippen LogP contribution in [0.1, 0.15) is 12.6 Å². The molecule has 168 valence electrons. The van der Waals surface area contributed by atoms with E-state index >= 15 is 0 Å². The van der Waals surface area contributed by atoms with Crippen LogP contribution in [0.5, 0.6) is 5.75 Å². The number of halogens is 2. The van der Waals surface area contributed by atoms with Gasteiger partial charge in [0.05, 0.1) is 16.4 Å². The molecule has 0 saturated heterocycles. The number of nitrogens with zero attached hydrogens (tertiary/aromatic N) is 2. The number of ether oxygens (including phenoxy) is 2. The zero-order valence-corrected chi connectivity index (χ0v) is 19.1. The lowest BCUT2D eigenvalue weighted by atomic mass is 10.3. The van der Waals surface area contributed by atoms with Crippen LogP contribution in [-0.4, -0.2) is 34.0 Å². The molecule has 8 nitrogen and oxygen atoms in total. The lowest BCUT2D eigenvalue weighted by molar-refractivity contribution is -0.155. The van der Waals surface area contributed by atoms with Gasteiger partial charge in [0.15, 0.2) is 12.7 Å². The molecule has 1 N–H and O–H groups in total. The highest BCUT2D eigenvalue weighted by atomic mass is 35.5. The Balaban J connectivity index is 1.64. The number of carbonyl (C=O) groups excluding carboxylic acids is 2. The van der Waals surface area contributed by atoms with Gasteiger partial charge in [-0.05, 0) is 44.2 Å². The van der Waals surface area contributed by atoms with Gasteiger partial charge in [0.1, 0.15) is 11.4 Å². The molecule has 3 aromatic rings. The molecule has 3 rings (SSSR count). The number of esters is 1. The van der Waals surface area contributed by atoms with Gasteiger partial charge in [0, 0.05) is 12.1 Å². The number of amides is 1. The van der Waals surface area contributed by atoms with Crippen molar-refractivity contribution in [1.29, 1.82) is 0 Å². The van der Waals surface area contributed by atoms with E-state index in [1.807, 2.05) is 18.2 Å². The summed E-state index contributed by atoms with van der Waals surface area (Å²) in [6.07, 6.45) is -1.16. The van der Waals surface area contributed by atoms with Crippen molar-refractivity contribution in [1.82, 2.24) is 9.36 Å². The van der Waals surface area contributed by atoms with Gasteiger partial charge in [-0.1, -0.05) is 41.4 Å². The largest absolute Gasteiger partial charge is 0.480 e. The normalized spacial score (nSPS) is 11.7. The third-order valence-corrected chi connectivity index (χ3v) is 5.25. The van der Waals surface area contributed by atoms with Gasteiger partial charge >= 0.3 is 5.97 Å². The number of rotatable bonds is 7. The minimum absolute atomic E-state index is 0.105.